The van der Waals surface area contributed by atoms with Crippen molar-refractivity contribution in [2.75, 3.05) is 39.4 Å². The number of nitrogens with zero attached hydrogens (tertiary/aromatic N) is 1. The van der Waals surface area contributed by atoms with Crippen LogP contribution in [0.3, 0.4) is 0 Å². The molecule has 2 aliphatic rings. The van der Waals surface area contributed by atoms with Crippen molar-refractivity contribution in [3.8, 4) is 11.5 Å². The molecule has 0 radical (unpaired) electrons. The van der Waals surface area contributed by atoms with Crippen LogP contribution >= 0.6 is 0 Å². The molecule has 4 heteroatoms. The predicted molar refractivity (Wildman–Crippen MR) is 75.1 cm³/mol. The fraction of sp³-hybridized carbons (Fsp3) is 0.600. The van der Waals surface area contributed by atoms with Crippen LogP contribution < -0.4 is 14.8 Å². The highest BCUT2D eigenvalue weighted by Gasteiger charge is 2.22. The van der Waals surface area contributed by atoms with Crippen LogP contribution in [0.1, 0.15) is 16.7 Å². The van der Waals surface area contributed by atoms with Gasteiger partial charge < -0.3 is 14.8 Å². The van der Waals surface area contributed by atoms with Gasteiger partial charge in [-0.1, -0.05) is 0 Å². The number of aryl methyl sites for hydroxylation is 1. The first kappa shape index (κ1) is 12.8. The van der Waals surface area contributed by atoms with Gasteiger partial charge in [0.1, 0.15) is 13.2 Å². The molecule has 19 heavy (non-hydrogen) atoms. The fourth-order valence-corrected chi connectivity index (χ4v) is 2.77. The number of hydrogen-bond donors (Lipinski definition) is 1. The summed E-state index contributed by atoms with van der Waals surface area (Å²) in [4.78, 5) is 2.48. The van der Waals surface area contributed by atoms with E-state index in [1.807, 2.05) is 0 Å². The second-order valence-corrected chi connectivity index (χ2v) is 5.35. The van der Waals surface area contributed by atoms with Gasteiger partial charge in [-0.05, 0) is 31.0 Å². The van der Waals surface area contributed by atoms with Crippen molar-refractivity contribution in [3.05, 3.63) is 22.8 Å². The Morgan fingerprint density at radius 1 is 1.16 bits per heavy atom. The van der Waals surface area contributed by atoms with E-state index in [9.17, 15) is 0 Å². The summed E-state index contributed by atoms with van der Waals surface area (Å²) in [6.07, 6.45) is 0. The molecule has 0 bridgehead atoms. The molecule has 1 saturated heterocycles. The Hall–Kier alpha value is -1.26. The second-order valence-electron chi connectivity index (χ2n) is 5.35. The molecule has 1 N–H and O–H groups in total. The van der Waals surface area contributed by atoms with Crippen LogP contribution in [0.4, 0.5) is 0 Å². The van der Waals surface area contributed by atoms with E-state index in [0.29, 0.717) is 13.2 Å². The van der Waals surface area contributed by atoms with Crippen molar-refractivity contribution in [2.45, 2.75) is 20.4 Å². The predicted octanol–water partition coefficient (Wildman–Crippen LogP) is 1.48. The molecular weight excluding hydrogens is 240 g/mol. The zero-order chi connectivity index (χ0) is 13.2. The molecule has 2 aliphatic heterocycles. The fourth-order valence-electron chi connectivity index (χ4n) is 2.77. The Labute approximate surface area is 114 Å². The first-order valence-electron chi connectivity index (χ1n) is 7.07. The maximum Gasteiger partial charge on any atom is 0.166 e. The van der Waals surface area contributed by atoms with Crippen molar-refractivity contribution in [1.29, 1.82) is 0 Å². The Morgan fingerprint density at radius 3 is 2.68 bits per heavy atom. The molecule has 1 fully saturated rings. The Kier molecular flexibility index (Phi) is 3.62. The van der Waals surface area contributed by atoms with Gasteiger partial charge in [-0.2, -0.15) is 0 Å². The van der Waals surface area contributed by atoms with Crippen molar-refractivity contribution < 1.29 is 9.47 Å². The summed E-state index contributed by atoms with van der Waals surface area (Å²) in [6, 6.07) is 2.10. The smallest absolute Gasteiger partial charge is 0.166 e. The zero-order valence-electron chi connectivity index (χ0n) is 11.8. The maximum absolute atomic E-state index is 5.86. The van der Waals surface area contributed by atoms with Gasteiger partial charge in [0.05, 0.1) is 0 Å². The van der Waals surface area contributed by atoms with E-state index in [0.717, 1.165) is 44.2 Å². The van der Waals surface area contributed by atoms with E-state index in [1.165, 1.54) is 16.7 Å². The number of nitrogens with one attached hydrogen (secondary N) is 1. The topological polar surface area (TPSA) is 33.7 Å². The first-order valence-corrected chi connectivity index (χ1v) is 7.07. The third-order valence-corrected chi connectivity index (χ3v) is 4.07. The maximum atomic E-state index is 5.86. The average molecular weight is 262 g/mol. The van der Waals surface area contributed by atoms with Gasteiger partial charge in [-0.15, -0.1) is 0 Å². The molecule has 0 atom stereocenters. The molecule has 1 aromatic carbocycles. The largest absolute Gasteiger partial charge is 0.486 e. The summed E-state index contributed by atoms with van der Waals surface area (Å²) in [5, 5.41) is 3.39. The van der Waals surface area contributed by atoms with Gasteiger partial charge in [-0.25, -0.2) is 0 Å². The molecule has 3 rings (SSSR count). The first-order chi connectivity index (χ1) is 9.25. The molecule has 0 spiro atoms. The lowest BCUT2D eigenvalue weighted by Gasteiger charge is -2.30. The van der Waals surface area contributed by atoms with Gasteiger partial charge >= 0.3 is 0 Å². The molecular formula is C15H22N2O2. The lowest BCUT2D eigenvalue weighted by atomic mass is 10.00. The molecule has 0 aliphatic carbocycles. The number of hydrogen-bond acceptors (Lipinski definition) is 4. The van der Waals surface area contributed by atoms with Gasteiger partial charge in [0.25, 0.3) is 0 Å². The van der Waals surface area contributed by atoms with Crippen LogP contribution in [0.25, 0.3) is 0 Å². The van der Waals surface area contributed by atoms with Crippen molar-refractivity contribution in [2.24, 2.45) is 0 Å². The molecule has 4 nitrogen and oxygen atoms in total. The van der Waals surface area contributed by atoms with Gasteiger partial charge in [0.15, 0.2) is 11.5 Å². The second kappa shape index (κ2) is 5.39. The standard InChI is InChI=1S/C15H22N2O2/c1-11-9-14-15(19-8-7-18-14)13(12(11)2)10-17-5-3-16-4-6-17/h9,16H,3-8,10H2,1-2H3. The normalized spacial score (nSPS) is 19.5. The van der Waals surface area contributed by atoms with E-state index in [-0.39, 0.29) is 0 Å². The summed E-state index contributed by atoms with van der Waals surface area (Å²) in [5.74, 6) is 1.88. The molecule has 1 aromatic rings. The Morgan fingerprint density at radius 2 is 1.89 bits per heavy atom. The van der Waals surface area contributed by atoms with Crippen LogP contribution in [-0.4, -0.2) is 44.3 Å². The minimum atomic E-state index is 0.655. The number of rotatable bonds is 2. The van der Waals surface area contributed by atoms with Crippen LogP contribution in [0.15, 0.2) is 6.07 Å². The third-order valence-electron chi connectivity index (χ3n) is 4.07. The quantitative estimate of drug-likeness (QED) is 0.875. The SMILES string of the molecule is Cc1cc2c(c(CN3CCNCC3)c1C)OCCO2. The van der Waals surface area contributed by atoms with Crippen LogP contribution in [0.2, 0.25) is 0 Å². The highest BCUT2D eigenvalue weighted by atomic mass is 16.6. The monoisotopic (exact) mass is 262 g/mol. The van der Waals surface area contributed by atoms with E-state index >= 15 is 0 Å². The van der Waals surface area contributed by atoms with Crippen molar-refractivity contribution in [3.63, 3.8) is 0 Å². The molecule has 2 heterocycles. The number of ether oxygens (including phenoxy) is 2. The van der Waals surface area contributed by atoms with Crippen LogP contribution in [0, 0.1) is 13.8 Å². The molecule has 0 aromatic heterocycles. The molecule has 104 valence electrons. The van der Waals surface area contributed by atoms with Crippen molar-refractivity contribution >= 4 is 0 Å². The minimum Gasteiger partial charge on any atom is -0.486 e. The number of piperazine rings is 1. The van der Waals surface area contributed by atoms with Crippen LogP contribution in [0.5, 0.6) is 11.5 Å². The van der Waals surface area contributed by atoms with Crippen LogP contribution in [-0.2, 0) is 6.54 Å². The number of fused-ring (bicyclic) bond motifs is 1. The van der Waals surface area contributed by atoms with Gasteiger partial charge in [0.2, 0.25) is 0 Å². The zero-order valence-corrected chi connectivity index (χ0v) is 11.8. The highest BCUT2D eigenvalue weighted by molar-refractivity contribution is 5.54. The molecule has 0 unspecified atom stereocenters. The number of benzene rings is 1. The molecule has 0 amide bonds. The summed E-state index contributed by atoms with van der Waals surface area (Å²) in [7, 11) is 0. The van der Waals surface area contributed by atoms with Crippen molar-refractivity contribution in [1.82, 2.24) is 10.2 Å². The average Bonchev–Trinajstić information content (AvgIpc) is 2.45. The Balaban J connectivity index is 1.91. The minimum absolute atomic E-state index is 0.655. The summed E-state index contributed by atoms with van der Waals surface area (Å²) < 4.78 is 11.6. The summed E-state index contributed by atoms with van der Waals surface area (Å²) >= 11 is 0. The van der Waals surface area contributed by atoms with E-state index in [2.05, 4.69) is 30.1 Å². The summed E-state index contributed by atoms with van der Waals surface area (Å²) in [5.41, 5.74) is 3.92. The van der Waals surface area contributed by atoms with E-state index < -0.39 is 0 Å². The van der Waals surface area contributed by atoms with E-state index in [4.69, 9.17) is 9.47 Å². The lowest BCUT2D eigenvalue weighted by Crippen LogP contribution is -2.43. The lowest BCUT2D eigenvalue weighted by molar-refractivity contribution is 0.164. The highest BCUT2D eigenvalue weighted by Crippen LogP contribution is 2.38. The van der Waals surface area contributed by atoms with Gasteiger partial charge in [0, 0.05) is 38.3 Å². The van der Waals surface area contributed by atoms with Gasteiger partial charge in [-0.3, -0.25) is 4.90 Å². The Bertz CT molecular complexity index is 468. The summed E-state index contributed by atoms with van der Waals surface area (Å²) in [6.45, 7) is 11.0. The third kappa shape index (κ3) is 2.55. The van der Waals surface area contributed by atoms with E-state index in [1.54, 1.807) is 0 Å². The molecule has 0 saturated carbocycles.